The lowest BCUT2D eigenvalue weighted by Crippen LogP contribution is -2.41. The zero-order valence-electron chi connectivity index (χ0n) is 11.3. The van der Waals surface area contributed by atoms with Crippen LogP contribution in [0.25, 0.3) is 0 Å². The standard InChI is InChI=1S/C12H14FNO6S/c1-6(15)14-8(12(17)18)5-7-3-4-9(16)11(10(7)13)21(2,19)20/h3-4,8,16H,5H2,1-2H3,(H,14,15)(H,17,18). The number of carbonyl (C=O) groups excluding carboxylic acids is 1. The first-order valence-electron chi connectivity index (χ1n) is 5.74. The second-order valence-corrected chi connectivity index (χ2v) is 6.41. The van der Waals surface area contributed by atoms with Gasteiger partial charge in [0, 0.05) is 19.6 Å². The van der Waals surface area contributed by atoms with Crippen molar-refractivity contribution < 1.29 is 32.6 Å². The summed E-state index contributed by atoms with van der Waals surface area (Å²) in [6, 6.07) is 0.618. The molecule has 1 unspecified atom stereocenters. The summed E-state index contributed by atoms with van der Waals surface area (Å²) in [4.78, 5) is 21.0. The molecule has 0 aliphatic rings. The van der Waals surface area contributed by atoms with E-state index in [2.05, 4.69) is 5.32 Å². The lowest BCUT2D eigenvalue weighted by atomic mass is 10.0. The first-order chi connectivity index (χ1) is 9.54. The smallest absolute Gasteiger partial charge is 0.326 e. The van der Waals surface area contributed by atoms with Gasteiger partial charge in [-0.05, 0) is 11.6 Å². The van der Waals surface area contributed by atoms with Gasteiger partial charge in [-0.15, -0.1) is 0 Å². The lowest BCUT2D eigenvalue weighted by Gasteiger charge is -2.15. The Kier molecular flexibility index (Phi) is 4.89. The van der Waals surface area contributed by atoms with Crippen LogP contribution in [0.3, 0.4) is 0 Å². The van der Waals surface area contributed by atoms with E-state index in [1.165, 1.54) is 0 Å². The third-order valence-corrected chi connectivity index (χ3v) is 3.76. The largest absolute Gasteiger partial charge is 0.506 e. The topological polar surface area (TPSA) is 121 Å². The normalized spacial score (nSPS) is 12.7. The van der Waals surface area contributed by atoms with E-state index in [4.69, 9.17) is 5.11 Å². The van der Waals surface area contributed by atoms with Crippen LogP contribution < -0.4 is 5.32 Å². The van der Waals surface area contributed by atoms with Crippen LogP contribution in [0.1, 0.15) is 12.5 Å². The van der Waals surface area contributed by atoms with Crippen LogP contribution in [-0.4, -0.2) is 42.8 Å². The van der Waals surface area contributed by atoms with Gasteiger partial charge in [-0.25, -0.2) is 17.6 Å². The molecule has 1 aromatic carbocycles. The molecule has 1 atom stereocenters. The second kappa shape index (κ2) is 6.08. The zero-order valence-corrected chi connectivity index (χ0v) is 12.1. The predicted octanol–water partition coefficient (Wildman–Crippen LogP) is 0.0666. The van der Waals surface area contributed by atoms with Crippen molar-refractivity contribution in [2.24, 2.45) is 0 Å². The van der Waals surface area contributed by atoms with Gasteiger partial charge in [0.2, 0.25) is 5.91 Å². The maximum absolute atomic E-state index is 14.1. The zero-order chi connectivity index (χ0) is 16.4. The van der Waals surface area contributed by atoms with Crippen molar-refractivity contribution in [2.45, 2.75) is 24.3 Å². The molecule has 3 N–H and O–H groups in total. The van der Waals surface area contributed by atoms with Gasteiger partial charge in [0.05, 0.1) is 0 Å². The van der Waals surface area contributed by atoms with Gasteiger partial charge in [-0.1, -0.05) is 6.07 Å². The summed E-state index contributed by atoms with van der Waals surface area (Å²) < 4.78 is 37.0. The van der Waals surface area contributed by atoms with Crippen molar-refractivity contribution in [3.63, 3.8) is 0 Å². The van der Waals surface area contributed by atoms with E-state index < -0.39 is 50.6 Å². The number of phenols is 1. The molecule has 1 aromatic rings. The number of sulfone groups is 1. The quantitative estimate of drug-likeness (QED) is 0.706. The molecule has 21 heavy (non-hydrogen) atoms. The highest BCUT2D eigenvalue weighted by Crippen LogP contribution is 2.28. The van der Waals surface area contributed by atoms with Crippen LogP contribution in [0.2, 0.25) is 0 Å². The number of nitrogens with one attached hydrogen (secondary N) is 1. The average Bonchev–Trinajstić information content (AvgIpc) is 2.29. The summed E-state index contributed by atoms with van der Waals surface area (Å²) in [5, 5.41) is 20.5. The van der Waals surface area contributed by atoms with Gasteiger partial charge >= 0.3 is 5.97 Å². The van der Waals surface area contributed by atoms with Crippen molar-refractivity contribution in [2.75, 3.05) is 6.26 Å². The molecular weight excluding hydrogens is 305 g/mol. The van der Waals surface area contributed by atoms with Crippen molar-refractivity contribution in [1.29, 1.82) is 0 Å². The molecular formula is C12H14FNO6S. The minimum atomic E-state index is -4.03. The molecule has 0 bridgehead atoms. The van der Waals surface area contributed by atoms with Gasteiger partial charge in [0.15, 0.2) is 9.84 Å². The predicted molar refractivity (Wildman–Crippen MR) is 70.1 cm³/mol. The molecule has 1 rings (SSSR count). The van der Waals surface area contributed by atoms with Gasteiger partial charge in [-0.3, -0.25) is 4.79 Å². The summed E-state index contributed by atoms with van der Waals surface area (Å²) in [7, 11) is -4.03. The van der Waals surface area contributed by atoms with E-state index in [-0.39, 0.29) is 5.56 Å². The van der Waals surface area contributed by atoms with Gasteiger partial charge in [0.1, 0.15) is 22.5 Å². The number of hydrogen-bond donors (Lipinski definition) is 3. The maximum atomic E-state index is 14.1. The second-order valence-electron chi connectivity index (χ2n) is 4.45. The summed E-state index contributed by atoms with van der Waals surface area (Å²) in [6.07, 6.45) is 0.265. The Hall–Kier alpha value is -2.16. The van der Waals surface area contributed by atoms with Gasteiger partial charge < -0.3 is 15.5 Å². The molecule has 0 saturated heterocycles. The highest BCUT2D eigenvalue weighted by Gasteiger charge is 2.26. The van der Waals surface area contributed by atoms with Gasteiger partial charge in [0.25, 0.3) is 0 Å². The fourth-order valence-corrected chi connectivity index (χ4v) is 2.67. The monoisotopic (exact) mass is 319 g/mol. The van der Waals surface area contributed by atoms with E-state index in [0.29, 0.717) is 0 Å². The lowest BCUT2D eigenvalue weighted by molar-refractivity contribution is -0.141. The number of amides is 1. The number of aliphatic carboxylic acids is 1. The van der Waals surface area contributed by atoms with E-state index in [1.807, 2.05) is 0 Å². The summed E-state index contributed by atoms with van der Waals surface area (Å²) in [6.45, 7) is 1.10. The van der Waals surface area contributed by atoms with Crippen LogP contribution in [0, 0.1) is 5.82 Å². The summed E-state index contributed by atoms with van der Waals surface area (Å²) in [5.41, 5.74) is -0.241. The number of rotatable bonds is 5. The third kappa shape index (κ3) is 4.15. The first-order valence-corrected chi connectivity index (χ1v) is 7.63. The average molecular weight is 319 g/mol. The Morgan fingerprint density at radius 1 is 1.38 bits per heavy atom. The van der Waals surface area contributed by atoms with Crippen molar-refractivity contribution in [1.82, 2.24) is 5.32 Å². The molecule has 0 aromatic heterocycles. The van der Waals surface area contributed by atoms with Crippen LogP contribution in [0.15, 0.2) is 17.0 Å². The molecule has 7 nitrogen and oxygen atoms in total. The van der Waals surface area contributed by atoms with Crippen molar-refractivity contribution in [3.8, 4) is 5.75 Å². The maximum Gasteiger partial charge on any atom is 0.326 e. The van der Waals surface area contributed by atoms with Crippen molar-refractivity contribution >= 4 is 21.7 Å². The van der Waals surface area contributed by atoms with Crippen molar-refractivity contribution in [3.05, 3.63) is 23.5 Å². The van der Waals surface area contributed by atoms with Crippen LogP contribution in [-0.2, 0) is 25.8 Å². The van der Waals surface area contributed by atoms with Crippen LogP contribution in [0.5, 0.6) is 5.75 Å². The number of benzene rings is 1. The number of carboxylic acids is 1. The van der Waals surface area contributed by atoms with Crippen LogP contribution >= 0.6 is 0 Å². The summed E-state index contributed by atoms with van der Waals surface area (Å²) in [5.74, 6) is -4.00. The Morgan fingerprint density at radius 2 is 1.95 bits per heavy atom. The molecule has 9 heteroatoms. The molecule has 0 heterocycles. The molecule has 116 valence electrons. The number of carbonyl (C=O) groups is 2. The highest BCUT2D eigenvalue weighted by molar-refractivity contribution is 7.90. The third-order valence-electron chi connectivity index (χ3n) is 2.63. The van der Waals surface area contributed by atoms with E-state index in [0.717, 1.165) is 25.3 Å². The van der Waals surface area contributed by atoms with E-state index in [9.17, 15) is 27.5 Å². The molecule has 0 aliphatic heterocycles. The Bertz CT molecular complexity index is 685. The Morgan fingerprint density at radius 3 is 2.38 bits per heavy atom. The van der Waals surface area contributed by atoms with E-state index in [1.54, 1.807) is 0 Å². The molecule has 0 aliphatic carbocycles. The molecule has 0 saturated carbocycles. The minimum Gasteiger partial charge on any atom is -0.506 e. The number of phenolic OH excluding ortho intramolecular Hbond substituents is 1. The first kappa shape index (κ1) is 16.9. The molecule has 1 amide bonds. The van der Waals surface area contributed by atoms with E-state index >= 15 is 0 Å². The highest BCUT2D eigenvalue weighted by atomic mass is 32.2. The molecule has 0 fully saturated rings. The summed E-state index contributed by atoms with van der Waals surface area (Å²) >= 11 is 0. The van der Waals surface area contributed by atoms with Crippen LogP contribution in [0.4, 0.5) is 4.39 Å². The Balaban J connectivity index is 3.26. The SMILES string of the molecule is CC(=O)NC(Cc1ccc(O)c(S(C)(=O)=O)c1F)C(=O)O. The molecule has 0 radical (unpaired) electrons. The number of aromatic hydroxyl groups is 1. The molecule has 0 spiro atoms. The Labute approximate surface area is 120 Å². The van der Waals surface area contributed by atoms with Gasteiger partial charge in [-0.2, -0.15) is 0 Å². The fraction of sp³-hybridized carbons (Fsp3) is 0.333. The minimum absolute atomic E-state index is 0.241. The fourth-order valence-electron chi connectivity index (χ4n) is 1.76. The number of halogens is 1. The number of hydrogen-bond acceptors (Lipinski definition) is 5. The number of carboxylic acid groups (broad SMARTS) is 1.